The molecule has 24 nitrogen and oxygen atoms in total. The van der Waals surface area contributed by atoms with Gasteiger partial charge >= 0.3 is 0 Å². The number of piperidine rings is 3. The van der Waals surface area contributed by atoms with Crippen molar-refractivity contribution in [1.82, 2.24) is 58.6 Å². The van der Waals surface area contributed by atoms with E-state index in [1.165, 1.54) is 19.4 Å². The van der Waals surface area contributed by atoms with Gasteiger partial charge in [-0.2, -0.15) is 20.4 Å². The highest BCUT2D eigenvalue weighted by molar-refractivity contribution is 6.09. The minimum absolute atomic E-state index is 0.00381. The average molecular weight is 1760 g/mol. The molecule has 3 saturated carbocycles. The van der Waals surface area contributed by atoms with Crippen molar-refractivity contribution in [3.05, 3.63) is 105 Å². The molecule has 129 heavy (non-hydrogen) atoms. The van der Waals surface area contributed by atoms with E-state index < -0.39 is 23.5 Å². The molecule has 3 saturated heterocycles. The second-order valence-electron chi connectivity index (χ2n) is 42.8. The molecule has 0 radical (unpaired) electrons. The maximum absolute atomic E-state index is 14.2. The van der Waals surface area contributed by atoms with Crippen LogP contribution in [0.15, 0.2) is 54.9 Å². The summed E-state index contributed by atoms with van der Waals surface area (Å²) in [6.07, 6.45) is 28.6. The topological polar surface area (TPSA) is 298 Å². The van der Waals surface area contributed by atoms with Crippen LogP contribution in [-0.4, -0.2) is 165 Å². The SMILES string of the molecule is CCC(=O)[C@@H]1C[C@]23CCC(=O)C(C)(C)CCCCCc4cc(-c5cnc6cc(C)nn6c5)cc5c(C(C)=O)nn(c45)CC(=O)N1[C@@H]2C3.CCC(=O)[C@@H]1C[C@]23CCC(=O)C(C)(C)CCCCCc4cc(C(C)C)cc5c(C(C)=O)nn(c45)CC(=O)N1[C@@H]2C3.CCC(=O)[C@@H]1C[C@]23CCC(=O)C(C)(C)CCCCCc4cc(CCC(C)C)cc5c(C(C)=O)nn(c45)CC(=O)N1[C@@H]2C3. The van der Waals surface area contributed by atoms with Gasteiger partial charge in [0.25, 0.3) is 0 Å². The van der Waals surface area contributed by atoms with Gasteiger partial charge in [0.15, 0.2) is 40.3 Å². The molecular weight excluding hydrogens is 1620 g/mol. The van der Waals surface area contributed by atoms with Crippen LogP contribution in [0.25, 0.3) is 49.5 Å². The Balaban J connectivity index is 0.000000149. The van der Waals surface area contributed by atoms with Crippen LogP contribution < -0.4 is 0 Å². The molecule has 0 N–H and O–H groups in total. The summed E-state index contributed by atoms with van der Waals surface area (Å²) >= 11 is 0. The van der Waals surface area contributed by atoms with E-state index in [4.69, 9.17) is 15.3 Å². The zero-order valence-corrected chi connectivity index (χ0v) is 79.8. The number of amides is 3. The molecule has 24 heteroatoms. The molecule has 11 heterocycles. The molecule has 6 aliphatic heterocycles. The van der Waals surface area contributed by atoms with Crippen molar-refractivity contribution in [2.24, 2.45) is 38.4 Å². The van der Waals surface area contributed by atoms with Crippen LogP contribution in [0.2, 0.25) is 0 Å². The predicted octanol–water partition coefficient (Wildman–Crippen LogP) is 18.9. The Kier molecular flexibility index (Phi) is 26.7. The van der Waals surface area contributed by atoms with E-state index in [-0.39, 0.29) is 129 Å². The van der Waals surface area contributed by atoms with Gasteiger partial charge < -0.3 is 14.7 Å². The molecule has 3 aromatic carbocycles. The van der Waals surface area contributed by atoms with E-state index in [1.807, 2.05) is 66.9 Å². The van der Waals surface area contributed by atoms with E-state index in [1.54, 1.807) is 25.5 Å². The van der Waals surface area contributed by atoms with Gasteiger partial charge in [0.05, 0.1) is 40.4 Å². The Morgan fingerprint density at radius 3 is 1.16 bits per heavy atom. The number of aromatic nitrogens is 9. The Morgan fingerprint density at radius 1 is 0.419 bits per heavy atom. The minimum atomic E-state index is -0.484. The minimum Gasteiger partial charge on any atom is -0.327 e. The second kappa shape index (κ2) is 36.7. The van der Waals surface area contributed by atoms with Crippen molar-refractivity contribution in [3.63, 3.8) is 0 Å². The van der Waals surface area contributed by atoms with Gasteiger partial charge in [-0.25, -0.2) is 9.50 Å². The van der Waals surface area contributed by atoms with Gasteiger partial charge in [0.2, 0.25) is 17.7 Å². The highest BCUT2D eigenvalue weighted by Gasteiger charge is 2.69. The third kappa shape index (κ3) is 18.8. The van der Waals surface area contributed by atoms with Crippen molar-refractivity contribution in [3.8, 4) is 11.1 Å². The molecule has 9 atom stereocenters. The molecule has 0 spiro atoms. The lowest BCUT2D eigenvalue weighted by molar-refractivity contribution is -0.139. The van der Waals surface area contributed by atoms with Gasteiger partial charge in [-0.05, 0) is 221 Å². The summed E-state index contributed by atoms with van der Waals surface area (Å²) in [5.41, 5.74) is 11.1. The first-order chi connectivity index (χ1) is 61.1. The summed E-state index contributed by atoms with van der Waals surface area (Å²) in [7, 11) is 0. The number of benzene rings is 3. The number of carbonyl (C=O) groups excluding carboxylic acids is 12. The highest BCUT2D eigenvalue weighted by Crippen LogP contribution is 2.65. The number of fused-ring (bicyclic) bond motifs is 1. The summed E-state index contributed by atoms with van der Waals surface area (Å²) in [6.45, 7) is 33.2. The van der Waals surface area contributed by atoms with Gasteiger partial charge in [0.1, 0.15) is 54.1 Å². The number of aryl methyl sites for hydroxylation is 5. The third-order valence-electron chi connectivity index (χ3n) is 31.5. The van der Waals surface area contributed by atoms with Gasteiger partial charge in [-0.3, -0.25) is 71.6 Å². The Labute approximate surface area is 760 Å². The van der Waals surface area contributed by atoms with Crippen molar-refractivity contribution >= 4 is 108 Å². The molecule has 0 unspecified atom stereocenters. The van der Waals surface area contributed by atoms with Crippen LogP contribution in [0.1, 0.15) is 361 Å². The normalized spacial score (nSPS) is 26.1. The fourth-order valence-electron chi connectivity index (χ4n) is 23.2. The molecule has 8 aromatic rings. The van der Waals surface area contributed by atoms with E-state index >= 15 is 0 Å². The molecule has 3 aliphatic carbocycles. The fourth-order valence-corrected chi connectivity index (χ4v) is 23.2. The molecular formula is C105H138N12O12. The summed E-state index contributed by atoms with van der Waals surface area (Å²) < 4.78 is 6.94. The smallest absolute Gasteiger partial charge is 0.245 e. The zero-order valence-electron chi connectivity index (χ0n) is 79.8. The number of hydrogen-bond acceptors (Lipinski definition) is 17. The molecule has 3 amide bonds. The van der Waals surface area contributed by atoms with Crippen LogP contribution in [0.3, 0.4) is 0 Å². The van der Waals surface area contributed by atoms with Crippen molar-refractivity contribution in [1.29, 1.82) is 0 Å². The van der Waals surface area contributed by atoms with Crippen LogP contribution in [-0.2, 0) is 88.5 Å². The lowest BCUT2D eigenvalue weighted by Gasteiger charge is -2.27. The maximum atomic E-state index is 14.2. The Morgan fingerprint density at radius 2 is 0.791 bits per heavy atom. The van der Waals surface area contributed by atoms with E-state index in [9.17, 15) is 57.5 Å². The van der Waals surface area contributed by atoms with Crippen LogP contribution in [0.4, 0.5) is 0 Å². The quantitative estimate of drug-likeness (QED) is 0.0914. The van der Waals surface area contributed by atoms with E-state index in [0.29, 0.717) is 104 Å². The number of rotatable bonds is 14. The maximum Gasteiger partial charge on any atom is 0.245 e. The molecule has 6 fully saturated rings. The van der Waals surface area contributed by atoms with Crippen LogP contribution >= 0.6 is 0 Å². The Hall–Kier alpha value is -9.87. The first-order valence-electron chi connectivity index (χ1n) is 48.7. The fraction of sp³-hybridized carbons (Fsp3) is 0.629. The van der Waals surface area contributed by atoms with E-state index in [0.717, 1.165) is 213 Å². The van der Waals surface area contributed by atoms with Crippen molar-refractivity contribution < 1.29 is 57.5 Å². The van der Waals surface area contributed by atoms with Crippen molar-refractivity contribution in [2.45, 2.75) is 385 Å². The number of ketones is 9. The standard InChI is InChI=1S/C37H44N6O4.C35H49N3O4.C33H45N3O4/c1-6-29(45)28-17-37-13-11-31(46)36(4,5)12-9-7-8-10-24-15-25(26-19-38-32-14-22(2)39-41(32)20-26)16-27-34(23(3)44)40-42(35(24)27)21-33(47)43(28)30(37)18-37;1-7-28(40)27-19-35-16-14-30(41)34(5,6)15-10-8-9-11-25-17-24(13-12-22(2)3)18-26-32(23(4)39)36-37(33(25)26)21-31(42)38(27)29(35)20-35;1-7-26(38)25-17-33-14-12-28(39)32(5,6)13-10-8-9-11-22-15-23(20(2)3)16-24-30(21(4)37)34-35(31(22)24)19-29(40)36(25)27(33)18-33/h14-16,19-20,28,30H,6-13,17-18,21H2,1-5H3;17-18,22,27,29H,7-16,19-21H2,1-6H3;15-16,20,25,27H,7-14,17-19H2,1-6H3/t28-,30+,37-;27-,29+,35-;25-,27+,33-/m000/s1. The monoisotopic (exact) mass is 1760 g/mol. The second-order valence-corrected chi connectivity index (χ2v) is 42.8. The Bertz CT molecular complexity index is 5830. The lowest BCUT2D eigenvalue weighted by Crippen LogP contribution is -2.44. The molecule has 9 aliphatic rings. The van der Waals surface area contributed by atoms with Crippen LogP contribution in [0, 0.1) is 45.3 Å². The predicted molar refractivity (Wildman–Crippen MR) is 498 cm³/mol. The largest absolute Gasteiger partial charge is 0.327 e. The summed E-state index contributed by atoms with van der Waals surface area (Å²) in [4.78, 5) is 170. The number of nitrogens with zero attached hydrogens (tertiary/aromatic N) is 12. The molecule has 5 aromatic heterocycles. The number of carbonyl (C=O) groups is 12. The summed E-state index contributed by atoms with van der Waals surface area (Å²) in [5.74, 6) is 1.17. The van der Waals surface area contributed by atoms with Gasteiger partial charge in [0, 0.05) is 134 Å². The molecule has 6 bridgehead atoms. The summed E-state index contributed by atoms with van der Waals surface area (Å²) in [5, 5.41) is 21.1. The third-order valence-corrected chi connectivity index (χ3v) is 31.5. The first-order valence-corrected chi connectivity index (χ1v) is 48.7. The lowest BCUT2D eigenvalue weighted by atomic mass is 9.79. The van der Waals surface area contributed by atoms with Crippen LogP contribution in [0.5, 0.6) is 0 Å². The average Bonchev–Trinajstić information content (AvgIpc) is 1.54. The first kappa shape index (κ1) is 93.8. The van der Waals surface area contributed by atoms with Crippen molar-refractivity contribution in [2.75, 3.05) is 0 Å². The number of Topliss-reactive ketones (excluding diaryl/α,β-unsaturated/α-hetero) is 9. The number of hydrogen-bond donors (Lipinski definition) is 0. The van der Waals surface area contributed by atoms with Gasteiger partial charge in [-0.1, -0.05) is 141 Å². The van der Waals surface area contributed by atoms with E-state index in [2.05, 4.69) is 110 Å². The molecule has 17 rings (SSSR count). The zero-order chi connectivity index (χ0) is 92.6. The summed E-state index contributed by atoms with van der Waals surface area (Å²) in [6, 6.07) is 13.2. The van der Waals surface area contributed by atoms with Gasteiger partial charge in [-0.15, -0.1) is 0 Å². The molecule has 690 valence electrons. The highest BCUT2D eigenvalue weighted by atomic mass is 16.2.